The third-order valence-electron chi connectivity index (χ3n) is 5.68. The molecule has 0 spiro atoms. The van der Waals surface area contributed by atoms with Gasteiger partial charge in [0.1, 0.15) is 30.2 Å². The molecule has 0 bridgehead atoms. The third-order valence-corrected chi connectivity index (χ3v) is 5.68. The van der Waals surface area contributed by atoms with Crippen LogP contribution in [0.5, 0.6) is 0 Å². The topological polar surface area (TPSA) is 192 Å². The Hall–Kier alpha value is -2.38. The van der Waals surface area contributed by atoms with Crippen molar-refractivity contribution in [2.45, 2.75) is 61.8 Å². The predicted molar refractivity (Wildman–Crippen MR) is 100 cm³/mol. The van der Waals surface area contributed by atoms with E-state index in [1.165, 1.54) is 12.7 Å². The highest BCUT2D eigenvalue weighted by atomic mass is 16.5. The SMILES string of the molecule is NC1(C(=O)N[C@@H]2[C@@H](O)[C@H](O)[C@@H](Nc3ncnc4nc[nH]c34)O[C@H]2CO)CCCC1. The number of nitrogens with zero attached hydrogens (tertiary/aromatic N) is 3. The van der Waals surface area contributed by atoms with Gasteiger partial charge in [0.2, 0.25) is 5.91 Å². The number of nitrogens with one attached hydrogen (secondary N) is 3. The van der Waals surface area contributed by atoms with Crippen LogP contribution in [-0.4, -0.2) is 83.9 Å². The molecule has 2 fully saturated rings. The Morgan fingerprint density at radius 2 is 2.03 bits per heavy atom. The zero-order valence-corrected chi connectivity index (χ0v) is 15.7. The number of carbonyl (C=O) groups excluding carboxylic acids is 1. The molecular weight excluding hydrogens is 382 g/mol. The lowest BCUT2D eigenvalue weighted by molar-refractivity contribution is -0.186. The fourth-order valence-electron chi connectivity index (χ4n) is 3.96. The van der Waals surface area contributed by atoms with Crippen LogP contribution < -0.4 is 16.4 Å². The second kappa shape index (κ2) is 7.80. The molecule has 12 heteroatoms. The Balaban J connectivity index is 1.50. The summed E-state index contributed by atoms with van der Waals surface area (Å²) in [6, 6.07) is -1.01. The van der Waals surface area contributed by atoms with E-state index in [2.05, 4.69) is 30.6 Å². The number of H-pyrrole nitrogens is 1. The van der Waals surface area contributed by atoms with Gasteiger partial charge in [-0.05, 0) is 12.8 Å². The number of aliphatic hydroxyl groups is 3. The van der Waals surface area contributed by atoms with Gasteiger partial charge in [-0.25, -0.2) is 15.0 Å². The minimum atomic E-state index is -1.41. The van der Waals surface area contributed by atoms with Gasteiger partial charge in [-0.3, -0.25) is 4.79 Å². The number of nitrogens with two attached hydrogens (primary N) is 1. The number of fused-ring (bicyclic) bond motifs is 1. The molecule has 2 aliphatic rings. The highest BCUT2D eigenvalue weighted by Gasteiger charge is 2.47. The van der Waals surface area contributed by atoms with E-state index in [1.54, 1.807) is 0 Å². The van der Waals surface area contributed by atoms with Crippen molar-refractivity contribution >= 4 is 22.9 Å². The Morgan fingerprint density at radius 1 is 1.28 bits per heavy atom. The van der Waals surface area contributed by atoms with E-state index in [0.717, 1.165) is 12.8 Å². The molecule has 1 aliphatic heterocycles. The third kappa shape index (κ3) is 3.65. The molecule has 2 aromatic rings. The quantitative estimate of drug-likeness (QED) is 0.290. The van der Waals surface area contributed by atoms with E-state index in [9.17, 15) is 20.1 Å². The van der Waals surface area contributed by atoms with Crippen LogP contribution in [0.25, 0.3) is 11.2 Å². The van der Waals surface area contributed by atoms with Crippen LogP contribution >= 0.6 is 0 Å². The minimum absolute atomic E-state index is 0.315. The van der Waals surface area contributed by atoms with E-state index in [1.807, 2.05) is 0 Å². The van der Waals surface area contributed by atoms with Gasteiger partial charge in [0, 0.05) is 0 Å². The summed E-state index contributed by atoms with van der Waals surface area (Å²) in [6.07, 6.45) is 0.699. The number of imidazole rings is 1. The molecular formula is C17H25N7O5. The van der Waals surface area contributed by atoms with Crippen molar-refractivity contribution in [3.05, 3.63) is 12.7 Å². The lowest BCUT2D eigenvalue weighted by atomic mass is 9.92. The van der Waals surface area contributed by atoms with Gasteiger partial charge in [-0.1, -0.05) is 12.8 Å². The summed E-state index contributed by atoms with van der Waals surface area (Å²) in [5.74, 6) is -0.107. The van der Waals surface area contributed by atoms with Crippen LogP contribution in [0.15, 0.2) is 12.7 Å². The average Bonchev–Trinajstić information content (AvgIpc) is 3.37. The molecule has 1 aliphatic carbocycles. The van der Waals surface area contributed by atoms with Gasteiger partial charge in [0.05, 0.1) is 24.5 Å². The molecule has 3 heterocycles. The largest absolute Gasteiger partial charge is 0.394 e. The molecule has 0 radical (unpaired) electrons. The van der Waals surface area contributed by atoms with Crippen molar-refractivity contribution in [3.8, 4) is 0 Å². The molecule has 29 heavy (non-hydrogen) atoms. The second-order valence-corrected chi connectivity index (χ2v) is 7.59. The Morgan fingerprint density at radius 3 is 2.76 bits per heavy atom. The van der Waals surface area contributed by atoms with Crippen LogP contribution in [0.2, 0.25) is 0 Å². The number of rotatable bonds is 5. The monoisotopic (exact) mass is 407 g/mol. The fourth-order valence-corrected chi connectivity index (χ4v) is 3.96. The number of aromatic amines is 1. The number of anilines is 1. The standard InChI is InChI=1S/C17H25N7O5/c18-17(3-1-2-4-17)16(28)23-9-8(5-25)29-15(12(27)11(9)26)24-14-10-13(20-6-19-10)21-7-22-14/h6-9,11-12,15,25-27H,1-5,18H2,(H,23,28)(H2,19,20,21,22,24)/t8-,9-,11+,12-,15-/m0/s1. The van der Waals surface area contributed by atoms with E-state index in [0.29, 0.717) is 29.8 Å². The highest BCUT2D eigenvalue weighted by molar-refractivity contribution is 5.86. The number of hydrogen-bond donors (Lipinski definition) is 7. The van der Waals surface area contributed by atoms with E-state index in [4.69, 9.17) is 10.5 Å². The summed E-state index contributed by atoms with van der Waals surface area (Å²) in [5.41, 5.74) is 6.08. The van der Waals surface area contributed by atoms with Gasteiger partial charge in [-0.2, -0.15) is 0 Å². The van der Waals surface area contributed by atoms with Crippen LogP contribution in [-0.2, 0) is 9.53 Å². The van der Waals surface area contributed by atoms with E-state index >= 15 is 0 Å². The van der Waals surface area contributed by atoms with Crippen molar-refractivity contribution < 1.29 is 24.9 Å². The molecule has 0 unspecified atom stereocenters. The Bertz CT molecular complexity index is 869. The van der Waals surface area contributed by atoms with Crippen LogP contribution in [0.3, 0.4) is 0 Å². The first-order chi connectivity index (χ1) is 13.9. The maximum Gasteiger partial charge on any atom is 0.240 e. The van der Waals surface area contributed by atoms with Crippen LogP contribution in [0.4, 0.5) is 5.82 Å². The zero-order chi connectivity index (χ0) is 20.6. The summed E-state index contributed by atoms with van der Waals surface area (Å²) >= 11 is 0. The highest BCUT2D eigenvalue weighted by Crippen LogP contribution is 2.29. The maximum absolute atomic E-state index is 12.6. The first-order valence-corrected chi connectivity index (χ1v) is 9.56. The number of carbonyl (C=O) groups is 1. The van der Waals surface area contributed by atoms with Crippen molar-refractivity contribution in [1.82, 2.24) is 25.3 Å². The predicted octanol–water partition coefficient (Wildman–Crippen LogP) is -2.04. The normalized spacial score (nSPS) is 31.7. The maximum atomic E-state index is 12.6. The summed E-state index contributed by atoms with van der Waals surface area (Å²) in [7, 11) is 0. The lowest BCUT2D eigenvalue weighted by Gasteiger charge is -2.43. The molecule has 1 amide bonds. The van der Waals surface area contributed by atoms with Crippen molar-refractivity contribution in [1.29, 1.82) is 0 Å². The molecule has 12 nitrogen and oxygen atoms in total. The first kappa shape index (κ1) is 19.9. The fraction of sp³-hybridized carbons (Fsp3) is 0.647. The molecule has 1 saturated carbocycles. The summed E-state index contributed by atoms with van der Waals surface area (Å²) in [4.78, 5) is 27.6. The van der Waals surface area contributed by atoms with E-state index < -0.39 is 48.6 Å². The van der Waals surface area contributed by atoms with Gasteiger partial charge < -0.3 is 41.4 Å². The summed E-state index contributed by atoms with van der Waals surface area (Å²) in [6.45, 7) is -0.478. The molecule has 8 N–H and O–H groups in total. The second-order valence-electron chi connectivity index (χ2n) is 7.59. The average molecular weight is 407 g/mol. The van der Waals surface area contributed by atoms with Gasteiger partial charge in [0.15, 0.2) is 17.7 Å². The zero-order valence-electron chi connectivity index (χ0n) is 15.7. The Kier molecular flexibility index (Phi) is 5.36. The number of aromatic nitrogens is 4. The van der Waals surface area contributed by atoms with Crippen molar-refractivity contribution in [2.75, 3.05) is 11.9 Å². The number of aliphatic hydroxyl groups excluding tert-OH is 3. The molecule has 158 valence electrons. The smallest absolute Gasteiger partial charge is 0.240 e. The Labute approximate surface area is 165 Å². The minimum Gasteiger partial charge on any atom is -0.394 e. The summed E-state index contributed by atoms with van der Waals surface area (Å²) in [5, 5.41) is 36.5. The number of amides is 1. The molecule has 2 aromatic heterocycles. The van der Waals surface area contributed by atoms with Crippen molar-refractivity contribution in [2.24, 2.45) is 5.73 Å². The van der Waals surface area contributed by atoms with Crippen LogP contribution in [0.1, 0.15) is 25.7 Å². The lowest BCUT2D eigenvalue weighted by Crippen LogP contribution is -2.68. The van der Waals surface area contributed by atoms with Crippen molar-refractivity contribution in [3.63, 3.8) is 0 Å². The number of hydrogen-bond acceptors (Lipinski definition) is 10. The molecule has 0 aromatic carbocycles. The van der Waals surface area contributed by atoms with E-state index in [-0.39, 0.29) is 0 Å². The first-order valence-electron chi connectivity index (χ1n) is 9.56. The van der Waals surface area contributed by atoms with Gasteiger partial charge >= 0.3 is 0 Å². The van der Waals surface area contributed by atoms with Gasteiger partial charge in [-0.15, -0.1) is 0 Å². The van der Waals surface area contributed by atoms with Crippen LogP contribution in [0, 0.1) is 0 Å². The molecule has 4 rings (SSSR count). The molecule has 1 saturated heterocycles. The number of ether oxygens (including phenoxy) is 1. The van der Waals surface area contributed by atoms with Gasteiger partial charge in [0.25, 0.3) is 0 Å². The molecule has 5 atom stereocenters. The summed E-state index contributed by atoms with van der Waals surface area (Å²) < 4.78 is 5.74.